The first-order valence-electron chi connectivity index (χ1n) is 9.52. The molecule has 1 aliphatic heterocycles. The van der Waals surface area contributed by atoms with Crippen molar-refractivity contribution in [3.63, 3.8) is 0 Å². The Bertz CT molecular complexity index is 1070. The number of fused-ring (bicyclic) bond motifs is 1. The van der Waals surface area contributed by atoms with Gasteiger partial charge in [-0.05, 0) is 42.8 Å². The lowest BCUT2D eigenvalue weighted by molar-refractivity contribution is -0.122. The molecule has 0 aliphatic carbocycles. The van der Waals surface area contributed by atoms with Crippen LogP contribution in [0.1, 0.15) is 18.5 Å². The van der Waals surface area contributed by atoms with E-state index in [-0.39, 0.29) is 18.5 Å². The van der Waals surface area contributed by atoms with Crippen LogP contribution in [0.2, 0.25) is 5.02 Å². The van der Waals surface area contributed by atoms with Crippen LogP contribution in [0.3, 0.4) is 0 Å². The van der Waals surface area contributed by atoms with Crippen LogP contribution < -0.4 is 16.0 Å². The lowest BCUT2D eigenvalue weighted by Gasteiger charge is -2.29. The molecule has 1 atom stereocenters. The van der Waals surface area contributed by atoms with Gasteiger partial charge in [0.1, 0.15) is 6.54 Å². The summed E-state index contributed by atoms with van der Waals surface area (Å²) in [5.74, 6) is -0.862. The molecular formula is C21H22ClN3O4. The zero-order valence-corrected chi connectivity index (χ0v) is 16.8. The maximum Gasteiger partial charge on any atom is 0.420 e. The van der Waals surface area contributed by atoms with Gasteiger partial charge in [-0.1, -0.05) is 23.7 Å². The number of benzene rings is 2. The van der Waals surface area contributed by atoms with Crippen LogP contribution in [-0.2, 0) is 16.1 Å². The summed E-state index contributed by atoms with van der Waals surface area (Å²) in [6.07, 6.45) is 0. The van der Waals surface area contributed by atoms with Gasteiger partial charge in [0.15, 0.2) is 5.58 Å². The van der Waals surface area contributed by atoms with E-state index in [1.54, 1.807) is 18.2 Å². The van der Waals surface area contributed by atoms with Crippen LogP contribution in [0.4, 0.5) is 5.69 Å². The number of hydrogen-bond donors (Lipinski definition) is 1. The number of ether oxygens (including phenoxy) is 1. The molecule has 0 bridgehead atoms. The molecule has 29 heavy (non-hydrogen) atoms. The minimum atomic E-state index is -0.583. The lowest BCUT2D eigenvalue weighted by atomic mass is 10.1. The molecule has 1 aromatic heterocycles. The summed E-state index contributed by atoms with van der Waals surface area (Å²) in [4.78, 5) is 26.9. The molecule has 0 radical (unpaired) electrons. The fraction of sp³-hybridized carbons (Fsp3) is 0.333. The van der Waals surface area contributed by atoms with E-state index in [1.165, 1.54) is 4.57 Å². The number of nitrogens with zero attached hydrogens (tertiary/aromatic N) is 2. The second kappa shape index (κ2) is 8.31. The average Bonchev–Trinajstić information content (AvgIpc) is 3.03. The second-order valence-electron chi connectivity index (χ2n) is 7.05. The van der Waals surface area contributed by atoms with Gasteiger partial charge in [0.25, 0.3) is 0 Å². The smallest absolute Gasteiger partial charge is 0.408 e. The largest absolute Gasteiger partial charge is 0.420 e. The molecule has 7 nitrogen and oxygen atoms in total. The number of anilines is 1. The molecule has 1 aliphatic rings. The van der Waals surface area contributed by atoms with E-state index in [9.17, 15) is 9.59 Å². The molecule has 8 heteroatoms. The highest BCUT2D eigenvalue weighted by Gasteiger charge is 2.16. The molecule has 3 aromatic rings. The highest BCUT2D eigenvalue weighted by Crippen LogP contribution is 2.21. The van der Waals surface area contributed by atoms with Gasteiger partial charge in [0.2, 0.25) is 5.91 Å². The number of nitrogens with one attached hydrogen (secondary N) is 1. The Hall–Kier alpha value is -2.77. The van der Waals surface area contributed by atoms with Crippen molar-refractivity contribution >= 4 is 34.3 Å². The summed E-state index contributed by atoms with van der Waals surface area (Å²) < 4.78 is 11.8. The number of rotatable bonds is 5. The highest BCUT2D eigenvalue weighted by atomic mass is 35.5. The minimum absolute atomic E-state index is 0.137. The quantitative estimate of drug-likeness (QED) is 0.693. The third-order valence-electron chi connectivity index (χ3n) is 5.08. The molecule has 4 rings (SSSR count). The predicted octanol–water partition coefficient (Wildman–Crippen LogP) is 2.96. The first-order valence-corrected chi connectivity index (χ1v) is 9.90. The van der Waals surface area contributed by atoms with Gasteiger partial charge in [-0.25, -0.2) is 4.79 Å². The molecule has 1 amide bonds. The number of oxazole rings is 1. The topological polar surface area (TPSA) is 76.7 Å². The van der Waals surface area contributed by atoms with Crippen molar-refractivity contribution in [2.24, 2.45) is 0 Å². The lowest BCUT2D eigenvalue weighted by Crippen LogP contribution is -2.36. The van der Waals surface area contributed by atoms with Crippen LogP contribution in [0.15, 0.2) is 51.7 Å². The first kappa shape index (κ1) is 19.5. The fourth-order valence-corrected chi connectivity index (χ4v) is 3.66. The van der Waals surface area contributed by atoms with Crippen molar-refractivity contribution in [3.05, 3.63) is 63.6 Å². The van der Waals surface area contributed by atoms with Crippen molar-refractivity contribution in [3.8, 4) is 0 Å². The van der Waals surface area contributed by atoms with Crippen LogP contribution in [0.5, 0.6) is 0 Å². The Morgan fingerprint density at radius 2 is 1.90 bits per heavy atom. The number of halogens is 1. The number of morpholine rings is 1. The average molecular weight is 416 g/mol. The van der Waals surface area contributed by atoms with E-state index in [1.807, 2.05) is 19.1 Å². The Kier molecular flexibility index (Phi) is 5.60. The SMILES string of the molecule is C[C@H](NC(=O)Cn1c(=O)oc2ccc(Cl)cc21)c1ccc(N2CCOCC2)cc1. The van der Waals surface area contributed by atoms with Gasteiger partial charge in [-0.2, -0.15) is 0 Å². The molecule has 1 saturated heterocycles. The van der Waals surface area contributed by atoms with Crippen LogP contribution in [0.25, 0.3) is 11.1 Å². The number of hydrogen-bond acceptors (Lipinski definition) is 5. The summed E-state index contributed by atoms with van der Waals surface area (Å²) >= 11 is 6.00. The molecule has 0 saturated carbocycles. The van der Waals surface area contributed by atoms with E-state index in [0.29, 0.717) is 16.1 Å². The normalized spacial score (nSPS) is 15.4. The van der Waals surface area contributed by atoms with E-state index in [0.717, 1.165) is 37.6 Å². The van der Waals surface area contributed by atoms with Crippen LogP contribution >= 0.6 is 11.6 Å². The number of carbonyl (C=O) groups excluding carboxylic acids is 1. The zero-order valence-electron chi connectivity index (χ0n) is 16.1. The highest BCUT2D eigenvalue weighted by molar-refractivity contribution is 6.31. The molecule has 0 spiro atoms. The first-order chi connectivity index (χ1) is 14.0. The zero-order chi connectivity index (χ0) is 20.4. The number of amides is 1. The summed E-state index contributed by atoms with van der Waals surface area (Å²) in [6.45, 7) is 5.01. The summed E-state index contributed by atoms with van der Waals surface area (Å²) in [6, 6.07) is 12.8. The predicted molar refractivity (Wildman–Crippen MR) is 112 cm³/mol. The monoisotopic (exact) mass is 415 g/mol. The molecule has 0 unspecified atom stereocenters. The van der Waals surface area contributed by atoms with Gasteiger partial charge in [-0.3, -0.25) is 9.36 Å². The van der Waals surface area contributed by atoms with E-state index >= 15 is 0 Å². The third-order valence-corrected chi connectivity index (χ3v) is 5.31. The summed E-state index contributed by atoms with van der Waals surface area (Å²) in [5.41, 5.74) is 3.03. The van der Waals surface area contributed by atoms with Crippen molar-refractivity contribution in [2.75, 3.05) is 31.2 Å². The van der Waals surface area contributed by atoms with Crippen molar-refractivity contribution in [1.29, 1.82) is 0 Å². The Labute approximate surface area is 172 Å². The Balaban J connectivity index is 1.43. The van der Waals surface area contributed by atoms with E-state index < -0.39 is 5.76 Å². The van der Waals surface area contributed by atoms with Crippen LogP contribution in [0, 0.1) is 0 Å². The Morgan fingerprint density at radius 1 is 1.17 bits per heavy atom. The number of aromatic nitrogens is 1. The maximum absolute atomic E-state index is 12.5. The standard InChI is InChI=1S/C21H22ClN3O4/c1-14(15-2-5-17(6-3-15)24-8-10-28-11-9-24)23-20(26)13-25-18-12-16(22)4-7-19(18)29-21(25)27/h2-7,12,14H,8-11,13H2,1H3,(H,23,26)/t14-/m0/s1. The fourth-order valence-electron chi connectivity index (χ4n) is 3.49. The van der Waals surface area contributed by atoms with Gasteiger partial charge in [-0.15, -0.1) is 0 Å². The molecule has 2 heterocycles. The molecular weight excluding hydrogens is 394 g/mol. The number of carbonyl (C=O) groups is 1. The molecule has 152 valence electrons. The second-order valence-corrected chi connectivity index (χ2v) is 7.48. The molecule has 1 fully saturated rings. The van der Waals surface area contributed by atoms with E-state index in [4.69, 9.17) is 20.8 Å². The van der Waals surface area contributed by atoms with Gasteiger partial charge in [0.05, 0.1) is 24.8 Å². The van der Waals surface area contributed by atoms with Crippen LogP contribution in [-0.4, -0.2) is 36.8 Å². The maximum atomic E-state index is 12.5. The summed E-state index contributed by atoms with van der Waals surface area (Å²) in [7, 11) is 0. The van der Waals surface area contributed by atoms with Gasteiger partial charge >= 0.3 is 5.76 Å². The molecule has 1 N–H and O–H groups in total. The summed E-state index contributed by atoms with van der Waals surface area (Å²) in [5, 5.41) is 3.41. The Morgan fingerprint density at radius 3 is 2.62 bits per heavy atom. The van der Waals surface area contributed by atoms with Crippen molar-refractivity contribution in [1.82, 2.24) is 9.88 Å². The van der Waals surface area contributed by atoms with Gasteiger partial charge in [0, 0.05) is 23.8 Å². The molecule has 2 aromatic carbocycles. The van der Waals surface area contributed by atoms with Crippen molar-refractivity contribution in [2.45, 2.75) is 19.5 Å². The van der Waals surface area contributed by atoms with Gasteiger partial charge < -0.3 is 19.4 Å². The van der Waals surface area contributed by atoms with Crippen molar-refractivity contribution < 1.29 is 13.9 Å². The third kappa shape index (κ3) is 4.31. The van der Waals surface area contributed by atoms with E-state index in [2.05, 4.69) is 22.3 Å². The minimum Gasteiger partial charge on any atom is -0.408 e.